The SMILES string of the molecule is N#Cc1c(SCc2cccnc2)nc(N2CC(F)C2)c(C#N)c1-c1ccc(OCCO)cn1. The fraction of sp³-hybridized carbons (Fsp3) is 0.261. The molecule has 0 bridgehead atoms. The quantitative estimate of drug-likeness (QED) is 0.504. The van der Waals surface area contributed by atoms with Crippen LogP contribution in [0.5, 0.6) is 5.75 Å². The molecule has 3 aromatic rings. The number of nitriles is 2. The van der Waals surface area contributed by atoms with Gasteiger partial charge in [0.1, 0.15) is 47.1 Å². The molecule has 1 N–H and O–H groups in total. The van der Waals surface area contributed by atoms with Crippen LogP contribution in [0, 0.1) is 22.7 Å². The molecule has 1 saturated heterocycles. The van der Waals surface area contributed by atoms with Gasteiger partial charge in [0, 0.05) is 23.7 Å². The molecular weight excluding hydrogens is 443 g/mol. The second kappa shape index (κ2) is 10.3. The summed E-state index contributed by atoms with van der Waals surface area (Å²) < 4.78 is 19.0. The zero-order valence-electron chi connectivity index (χ0n) is 17.5. The lowest BCUT2D eigenvalue weighted by Crippen LogP contribution is -2.49. The zero-order chi connectivity index (χ0) is 23.2. The van der Waals surface area contributed by atoms with Gasteiger partial charge in [-0.15, -0.1) is 11.8 Å². The molecule has 33 heavy (non-hydrogen) atoms. The van der Waals surface area contributed by atoms with Crippen LogP contribution in [0.25, 0.3) is 11.3 Å². The Morgan fingerprint density at radius 3 is 2.61 bits per heavy atom. The van der Waals surface area contributed by atoms with E-state index in [0.717, 1.165) is 5.56 Å². The molecule has 10 heteroatoms. The average Bonchev–Trinajstić information content (AvgIpc) is 2.84. The summed E-state index contributed by atoms with van der Waals surface area (Å²) in [4.78, 5) is 14.8. The van der Waals surface area contributed by atoms with Gasteiger partial charge in [0.05, 0.1) is 37.2 Å². The minimum atomic E-state index is -0.981. The summed E-state index contributed by atoms with van der Waals surface area (Å²) in [6, 6.07) is 11.4. The van der Waals surface area contributed by atoms with Crippen molar-refractivity contribution in [2.24, 2.45) is 0 Å². The van der Waals surface area contributed by atoms with Crippen molar-refractivity contribution in [2.75, 3.05) is 31.2 Å². The number of pyridine rings is 3. The molecule has 0 unspecified atom stereocenters. The van der Waals surface area contributed by atoms with E-state index in [1.165, 1.54) is 18.0 Å². The molecule has 0 atom stereocenters. The Morgan fingerprint density at radius 1 is 1.18 bits per heavy atom. The van der Waals surface area contributed by atoms with Gasteiger partial charge in [0.2, 0.25) is 0 Å². The first-order valence-electron chi connectivity index (χ1n) is 10.1. The van der Waals surface area contributed by atoms with Gasteiger partial charge in [0.25, 0.3) is 0 Å². The summed E-state index contributed by atoms with van der Waals surface area (Å²) in [5.41, 5.74) is 2.13. The molecule has 0 saturated carbocycles. The first-order chi connectivity index (χ1) is 16.1. The predicted octanol–water partition coefficient (Wildman–Crippen LogP) is 3.10. The number of ether oxygens (including phenoxy) is 1. The Bertz CT molecular complexity index is 1200. The maximum absolute atomic E-state index is 13.6. The number of thioether (sulfide) groups is 1. The molecule has 4 heterocycles. The molecule has 1 aliphatic heterocycles. The van der Waals surface area contributed by atoms with Crippen LogP contribution in [0.15, 0.2) is 47.9 Å². The highest BCUT2D eigenvalue weighted by atomic mass is 32.2. The first-order valence-corrected chi connectivity index (χ1v) is 11.1. The number of anilines is 1. The largest absolute Gasteiger partial charge is 0.490 e. The summed E-state index contributed by atoms with van der Waals surface area (Å²) in [6.07, 6.45) is 3.91. The van der Waals surface area contributed by atoms with Crippen LogP contribution < -0.4 is 9.64 Å². The summed E-state index contributed by atoms with van der Waals surface area (Å²) in [7, 11) is 0. The highest BCUT2D eigenvalue weighted by molar-refractivity contribution is 7.98. The van der Waals surface area contributed by atoms with Gasteiger partial charge >= 0.3 is 0 Å². The van der Waals surface area contributed by atoms with Crippen molar-refractivity contribution in [3.05, 3.63) is 59.5 Å². The number of hydrogen-bond acceptors (Lipinski definition) is 9. The third kappa shape index (κ3) is 4.87. The Labute approximate surface area is 194 Å². The molecule has 0 radical (unpaired) electrons. The van der Waals surface area contributed by atoms with Crippen molar-refractivity contribution in [1.29, 1.82) is 10.5 Å². The molecule has 0 aromatic carbocycles. The fourth-order valence-corrected chi connectivity index (χ4v) is 4.28. The smallest absolute Gasteiger partial charge is 0.148 e. The van der Waals surface area contributed by atoms with Crippen molar-refractivity contribution < 1.29 is 14.2 Å². The number of rotatable bonds is 8. The average molecular weight is 463 g/mol. The lowest BCUT2D eigenvalue weighted by atomic mass is 9.99. The summed E-state index contributed by atoms with van der Waals surface area (Å²) in [6.45, 7) is 0.277. The van der Waals surface area contributed by atoms with E-state index >= 15 is 0 Å². The zero-order valence-corrected chi connectivity index (χ0v) is 18.3. The van der Waals surface area contributed by atoms with Crippen LogP contribution in [-0.2, 0) is 5.75 Å². The van der Waals surface area contributed by atoms with Crippen LogP contribution in [0.1, 0.15) is 16.7 Å². The van der Waals surface area contributed by atoms with Crippen molar-refractivity contribution in [2.45, 2.75) is 17.0 Å². The lowest BCUT2D eigenvalue weighted by molar-refractivity contribution is 0.201. The van der Waals surface area contributed by atoms with E-state index in [9.17, 15) is 14.9 Å². The molecule has 1 fully saturated rings. The maximum Gasteiger partial charge on any atom is 0.148 e. The highest BCUT2D eigenvalue weighted by Crippen LogP contribution is 2.39. The second-order valence-electron chi connectivity index (χ2n) is 7.19. The van der Waals surface area contributed by atoms with Gasteiger partial charge in [0.15, 0.2) is 0 Å². The van der Waals surface area contributed by atoms with E-state index in [-0.39, 0.29) is 37.4 Å². The Balaban J connectivity index is 1.79. The van der Waals surface area contributed by atoms with Crippen molar-refractivity contribution in [1.82, 2.24) is 15.0 Å². The van der Waals surface area contributed by atoms with E-state index in [2.05, 4.69) is 27.1 Å². The van der Waals surface area contributed by atoms with Crippen LogP contribution in [0.2, 0.25) is 0 Å². The molecule has 8 nitrogen and oxygen atoms in total. The molecule has 1 aliphatic rings. The number of aromatic nitrogens is 3. The number of alkyl halides is 1. The number of halogens is 1. The Morgan fingerprint density at radius 2 is 2.00 bits per heavy atom. The van der Waals surface area contributed by atoms with Crippen LogP contribution in [0.4, 0.5) is 10.2 Å². The monoisotopic (exact) mass is 462 g/mol. The van der Waals surface area contributed by atoms with Gasteiger partial charge in [-0.1, -0.05) is 6.07 Å². The molecule has 3 aromatic heterocycles. The van der Waals surface area contributed by atoms with Gasteiger partial charge in [-0.3, -0.25) is 9.97 Å². The van der Waals surface area contributed by atoms with E-state index in [1.807, 2.05) is 12.1 Å². The van der Waals surface area contributed by atoms with Crippen LogP contribution in [0.3, 0.4) is 0 Å². The molecular formula is C23H19FN6O2S. The molecule has 0 aliphatic carbocycles. The maximum atomic E-state index is 13.6. The predicted molar refractivity (Wildman–Crippen MR) is 120 cm³/mol. The van der Waals surface area contributed by atoms with Gasteiger partial charge in [-0.2, -0.15) is 10.5 Å². The second-order valence-corrected chi connectivity index (χ2v) is 8.16. The minimum Gasteiger partial charge on any atom is -0.490 e. The summed E-state index contributed by atoms with van der Waals surface area (Å²) in [5.74, 6) is 1.32. The van der Waals surface area contributed by atoms with Crippen molar-refractivity contribution in [3.63, 3.8) is 0 Å². The van der Waals surface area contributed by atoms with Crippen molar-refractivity contribution in [3.8, 4) is 29.1 Å². The van der Waals surface area contributed by atoms with Gasteiger partial charge in [-0.25, -0.2) is 9.37 Å². The number of aliphatic hydroxyl groups is 1. The first kappa shape index (κ1) is 22.5. The Hall–Kier alpha value is -3.73. The normalized spacial score (nSPS) is 13.2. The van der Waals surface area contributed by atoms with Gasteiger partial charge in [-0.05, 0) is 23.8 Å². The van der Waals surface area contributed by atoms with Gasteiger partial charge < -0.3 is 14.7 Å². The molecule has 166 valence electrons. The summed E-state index contributed by atoms with van der Waals surface area (Å²) in [5, 5.41) is 29.3. The van der Waals surface area contributed by atoms with Crippen molar-refractivity contribution >= 4 is 17.6 Å². The molecule has 4 rings (SSSR count). The van der Waals surface area contributed by atoms with E-state index in [0.29, 0.717) is 33.6 Å². The van der Waals surface area contributed by atoms with Crippen LogP contribution in [-0.4, -0.2) is 52.5 Å². The highest BCUT2D eigenvalue weighted by Gasteiger charge is 2.32. The topological polar surface area (TPSA) is 119 Å². The minimum absolute atomic E-state index is 0.127. The standard InChI is InChI=1S/C23H19FN6O2S/c24-16-12-30(13-16)22-18(8-25)21(20-4-3-17(11-28-20)32-7-6-31)19(9-26)23(29-22)33-14-15-2-1-5-27-10-15/h1-5,10-11,16,31H,6-7,12-14H2. The van der Waals surface area contributed by atoms with E-state index in [4.69, 9.17) is 9.84 Å². The third-order valence-electron chi connectivity index (χ3n) is 4.96. The number of nitrogens with zero attached hydrogens (tertiary/aromatic N) is 6. The number of aliphatic hydroxyl groups excluding tert-OH is 1. The fourth-order valence-electron chi connectivity index (χ4n) is 3.36. The van der Waals surface area contributed by atoms with E-state index < -0.39 is 6.17 Å². The number of hydrogen-bond donors (Lipinski definition) is 1. The third-order valence-corrected chi connectivity index (χ3v) is 6.00. The Kier molecular flexibility index (Phi) is 6.98. The molecule has 0 amide bonds. The van der Waals surface area contributed by atoms with Crippen LogP contribution >= 0.6 is 11.8 Å². The molecule has 0 spiro atoms. The lowest BCUT2D eigenvalue weighted by Gasteiger charge is -2.36. The summed E-state index contributed by atoms with van der Waals surface area (Å²) >= 11 is 1.35. The van der Waals surface area contributed by atoms with E-state index in [1.54, 1.807) is 29.4 Å².